The van der Waals surface area contributed by atoms with Crippen LogP contribution in [-0.2, 0) is 6.42 Å². The van der Waals surface area contributed by atoms with Gasteiger partial charge in [-0.3, -0.25) is 0 Å². The Morgan fingerprint density at radius 2 is 2.21 bits per heavy atom. The Morgan fingerprint density at radius 3 is 2.93 bits per heavy atom. The van der Waals surface area contributed by atoms with E-state index in [4.69, 9.17) is 0 Å². The van der Waals surface area contributed by atoms with Gasteiger partial charge in [0.25, 0.3) is 0 Å². The molecule has 1 rings (SSSR count). The normalized spacial score (nSPS) is 11.0. The molecule has 1 heteroatoms. The van der Waals surface area contributed by atoms with Crippen LogP contribution in [0.1, 0.15) is 24.5 Å². The van der Waals surface area contributed by atoms with E-state index in [1.807, 2.05) is 7.05 Å². The highest BCUT2D eigenvalue weighted by Crippen LogP contribution is 2.07. The van der Waals surface area contributed by atoms with Gasteiger partial charge in [0.15, 0.2) is 0 Å². The molecule has 0 aliphatic heterocycles. The second kappa shape index (κ2) is 6.39. The molecule has 1 nitrogen and oxygen atoms in total. The first kappa shape index (κ1) is 11.0. The lowest BCUT2D eigenvalue weighted by Crippen LogP contribution is -2.05. The molecule has 0 amide bonds. The van der Waals surface area contributed by atoms with Crippen molar-refractivity contribution >= 4 is 6.08 Å². The van der Waals surface area contributed by atoms with E-state index in [0.717, 1.165) is 19.4 Å². The molecular formula is C13H19N. The first-order chi connectivity index (χ1) is 6.86. The van der Waals surface area contributed by atoms with Crippen LogP contribution in [0.4, 0.5) is 0 Å². The molecule has 0 aliphatic rings. The van der Waals surface area contributed by atoms with Crippen molar-refractivity contribution in [2.75, 3.05) is 13.6 Å². The Hall–Kier alpha value is -1.08. The van der Waals surface area contributed by atoms with Crippen molar-refractivity contribution in [2.24, 2.45) is 0 Å². The Labute approximate surface area is 86.8 Å². The van der Waals surface area contributed by atoms with E-state index in [9.17, 15) is 0 Å². The SMILES string of the molecule is CCc1cccc(/C=C/CCNC)c1. The lowest BCUT2D eigenvalue weighted by molar-refractivity contribution is 0.809. The number of hydrogen-bond donors (Lipinski definition) is 1. The van der Waals surface area contributed by atoms with Crippen LogP contribution in [0.3, 0.4) is 0 Å². The molecule has 0 saturated heterocycles. The minimum absolute atomic E-state index is 1.05. The number of aryl methyl sites for hydroxylation is 1. The topological polar surface area (TPSA) is 12.0 Å². The molecule has 0 heterocycles. The Balaban J connectivity index is 2.53. The molecule has 0 bridgehead atoms. The third-order valence-electron chi connectivity index (χ3n) is 2.23. The number of rotatable bonds is 5. The first-order valence-corrected chi connectivity index (χ1v) is 5.27. The lowest BCUT2D eigenvalue weighted by atomic mass is 10.1. The monoisotopic (exact) mass is 189 g/mol. The third-order valence-corrected chi connectivity index (χ3v) is 2.23. The van der Waals surface area contributed by atoms with E-state index in [0.29, 0.717) is 0 Å². The van der Waals surface area contributed by atoms with Gasteiger partial charge in [-0.1, -0.05) is 43.3 Å². The zero-order valence-electron chi connectivity index (χ0n) is 9.09. The van der Waals surface area contributed by atoms with Gasteiger partial charge in [0.1, 0.15) is 0 Å². The van der Waals surface area contributed by atoms with Gasteiger partial charge in [-0.2, -0.15) is 0 Å². The summed E-state index contributed by atoms with van der Waals surface area (Å²) in [5.74, 6) is 0. The third kappa shape index (κ3) is 3.75. The van der Waals surface area contributed by atoms with Crippen LogP contribution in [0.2, 0.25) is 0 Å². The molecule has 0 atom stereocenters. The van der Waals surface area contributed by atoms with Crippen LogP contribution >= 0.6 is 0 Å². The minimum atomic E-state index is 1.05. The summed E-state index contributed by atoms with van der Waals surface area (Å²) in [5, 5.41) is 3.13. The fourth-order valence-corrected chi connectivity index (χ4v) is 1.36. The maximum Gasteiger partial charge on any atom is -0.00172 e. The van der Waals surface area contributed by atoms with Crippen LogP contribution in [0.15, 0.2) is 30.3 Å². The molecule has 1 aromatic carbocycles. The molecule has 0 aliphatic carbocycles. The predicted molar refractivity (Wildman–Crippen MR) is 63.4 cm³/mol. The Kier molecular flexibility index (Phi) is 5.02. The van der Waals surface area contributed by atoms with E-state index >= 15 is 0 Å². The van der Waals surface area contributed by atoms with Gasteiger partial charge in [0, 0.05) is 0 Å². The molecule has 1 aromatic rings. The molecule has 0 aromatic heterocycles. The average molecular weight is 189 g/mol. The van der Waals surface area contributed by atoms with Crippen molar-refractivity contribution in [2.45, 2.75) is 19.8 Å². The van der Waals surface area contributed by atoms with Gasteiger partial charge >= 0.3 is 0 Å². The maximum absolute atomic E-state index is 3.13. The molecule has 14 heavy (non-hydrogen) atoms. The smallest absolute Gasteiger partial charge is 0.00172 e. The van der Waals surface area contributed by atoms with E-state index in [2.05, 4.69) is 48.7 Å². The van der Waals surface area contributed by atoms with Crippen molar-refractivity contribution in [1.82, 2.24) is 5.32 Å². The first-order valence-electron chi connectivity index (χ1n) is 5.27. The average Bonchev–Trinajstić information content (AvgIpc) is 2.25. The summed E-state index contributed by atoms with van der Waals surface area (Å²) in [6.07, 6.45) is 6.60. The second-order valence-electron chi connectivity index (χ2n) is 3.39. The summed E-state index contributed by atoms with van der Waals surface area (Å²) >= 11 is 0. The van der Waals surface area contributed by atoms with Crippen LogP contribution in [0, 0.1) is 0 Å². The molecular weight excluding hydrogens is 170 g/mol. The molecule has 76 valence electrons. The predicted octanol–water partition coefficient (Wildman–Crippen LogP) is 2.87. The van der Waals surface area contributed by atoms with Gasteiger partial charge < -0.3 is 5.32 Å². The van der Waals surface area contributed by atoms with E-state index in [1.54, 1.807) is 0 Å². The van der Waals surface area contributed by atoms with Gasteiger partial charge in [0.2, 0.25) is 0 Å². The molecule has 1 N–H and O–H groups in total. The summed E-state index contributed by atoms with van der Waals surface area (Å²) in [4.78, 5) is 0. The largest absolute Gasteiger partial charge is 0.319 e. The van der Waals surface area contributed by atoms with Crippen LogP contribution < -0.4 is 5.32 Å². The van der Waals surface area contributed by atoms with E-state index in [-0.39, 0.29) is 0 Å². The minimum Gasteiger partial charge on any atom is -0.319 e. The maximum atomic E-state index is 3.13. The highest BCUT2D eigenvalue weighted by Gasteiger charge is 1.89. The van der Waals surface area contributed by atoms with Crippen molar-refractivity contribution < 1.29 is 0 Å². The van der Waals surface area contributed by atoms with Gasteiger partial charge in [-0.15, -0.1) is 0 Å². The van der Waals surface area contributed by atoms with Crippen molar-refractivity contribution in [3.05, 3.63) is 41.5 Å². The van der Waals surface area contributed by atoms with Crippen LogP contribution in [0.5, 0.6) is 0 Å². The summed E-state index contributed by atoms with van der Waals surface area (Å²) in [6.45, 7) is 3.23. The molecule has 0 fully saturated rings. The highest BCUT2D eigenvalue weighted by molar-refractivity contribution is 5.50. The second-order valence-corrected chi connectivity index (χ2v) is 3.39. The fraction of sp³-hybridized carbons (Fsp3) is 0.385. The standard InChI is InChI=1S/C13H19N/c1-3-12-8-6-9-13(11-12)7-4-5-10-14-2/h4,6-9,11,14H,3,5,10H2,1-2H3/b7-4+. The van der Waals surface area contributed by atoms with Crippen molar-refractivity contribution in [3.8, 4) is 0 Å². The fourth-order valence-electron chi connectivity index (χ4n) is 1.36. The Bertz CT molecular complexity index is 289. The van der Waals surface area contributed by atoms with E-state index < -0.39 is 0 Å². The van der Waals surface area contributed by atoms with Crippen LogP contribution in [-0.4, -0.2) is 13.6 Å². The van der Waals surface area contributed by atoms with Crippen LogP contribution in [0.25, 0.3) is 6.08 Å². The number of nitrogens with one attached hydrogen (secondary N) is 1. The van der Waals surface area contributed by atoms with Gasteiger partial charge in [-0.05, 0) is 37.6 Å². The van der Waals surface area contributed by atoms with Crippen molar-refractivity contribution in [3.63, 3.8) is 0 Å². The molecule has 0 spiro atoms. The zero-order valence-corrected chi connectivity index (χ0v) is 9.09. The number of benzene rings is 1. The molecule has 0 unspecified atom stereocenters. The lowest BCUT2D eigenvalue weighted by Gasteiger charge is -1.98. The summed E-state index contributed by atoms with van der Waals surface area (Å²) in [7, 11) is 1.98. The molecule has 0 radical (unpaired) electrons. The van der Waals surface area contributed by atoms with Crippen molar-refractivity contribution in [1.29, 1.82) is 0 Å². The van der Waals surface area contributed by atoms with Gasteiger partial charge in [0.05, 0.1) is 0 Å². The highest BCUT2D eigenvalue weighted by atomic mass is 14.8. The summed E-state index contributed by atoms with van der Waals surface area (Å²) in [6, 6.07) is 8.69. The number of hydrogen-bond acceptors (Lipinski definition) is 1. The molecule has 0 saturated carbocycles. The van der Waals surface area contributed by atoms with Gasteiger partial charge in [-0.25, -0.2) is 0 Å². The summed E-state index contributed by atoms with van der Waals surface area (Å²) < 4.78 is 0. The van der Waals surface area contributed by atoms with E-state index in [1.165, 1.54) is 11.1 Å². The quantitative estimate of drug-likeness (QED) is 0.702. The zero-order chi connectivity index (χ0) is 10.2. The Morgan fingerprint density at radius 1 is 1.36 bits per heavy atom. The summed E-state index contributed by atoms with van der Waals surface area (Å²) in [5.41, 5.74) is 2.71.